The summed E-state index contributed by atoms with van der Waals surface area (Å²) < 4.78 is 60.7. The van der Waals surface area contributed by atoms with Gasteiger partial charge >= 0.3 is 0 Å². The molecule has 0 aromatic carbocycles. The largest absolute Gasteiger partial charge is 0.790 e. The maximum Gasteiger partial charge on any atom is 0.274 e. The van der Waals surface area contributed by atoms with Gasteiger partial charge in [0.25, 0.3) is 15.6 Å². The number of aliphatic carboxylic acids is 1. The summed E-state index contributed by atoms with van der Waals surface area (Å²) in [6, 6.07) is 0. The van der Waals surface area contributed by atoms with Crippen LogP contribution in [0.15, 0.2) is 12.7 Å². The lowest BCUT2D eigenvalue weighted by molar-refractivity contribution is -0.347. The van der Waals surface area contributed by atoms with Crippen LogP contribution in [-0.4, -0.2) is 109 Å². The maximum absolute atomic E-state index is 12.6. The van der Waals surface area contributed by atoms with E-state index in [-0.39, 0.29) is 48.0 Å². The molecule has 2 unspecified atom stereocenters. The second-order valence-corrected chi connectivity index (χ2v) is 20.8. The van der Waals surface area contributed by atoms with Crippen LogP contribution in [0.4, 0.5) is 5.82 Å². The molecule has 26 nitrogen and oxygen atoms in total. The number of carbonyl (C=O) groups excluding carboxylic acids is 4. The van der Waals surface area contributed by atoms with Crippen LogP contribution >= 0.6 is 35.2 Å². The minimum absolute atomic E-state index is 0.0106. The number of aromatic nitrogens is 4. The molecular formula is C35H55N7O19P3S-5. The Balaban J connectivity index is 1.33. The van der Waals surface area contributed by atoms with E-state index in [2.05, 4.69) is 43.5 Å². The molecule has 3 heterocycles. The number of phosphoric acid groups is 3. The molecule has 7 atom stereocenters. The zero-order valence-corrected chi connectivity index (χ0v) is 39.2. The van der Waals surface area contributed by atoms with Gasteiger partial charge in [0.05, 0.1) is 27.4 Å². The van der Waals surface area contributed by atoms with Gasteiger partial charge in [0.15, 0.2) is 22.8 Å². The molecule has 30 heteroatoms. The van der Waals surface area contributed by atoms with E-state index in [9.17, 15) is 67.8 Å². The number of imidazole rings is 1. The summed E-state index contributed by atoms with van der Waals surface area (Å²) in [4.78, 5) is 107. The van der Waals surface area contributed by atoms with E-state index in [1.54, 1.807) is 0 Å². The van der Waals surface area contributed by atoms with Crippen LogP contribution in [0.2, 0.25) is 0 Å². The topological polar surface area (TPSA) is 415 Å². The van der Waals surface area contributed by atoms with E-state index in [4.69, 9.17) is 10.5 Å². The summed E-state index contributed by atoms with van der Waals surface area (Å²) in [7, 11) is -17.6. The van der Waals surface area contributed by atoms with Gasteiger partial charge in [-0.1, -0.05) is 77.0 Å². The number of hydrogen-bond donors (Lipinski definition) is 5. The lowest BCUT2D eigenvalue weighted by atomic mass is 9.87. The predicted octanol–water partition coefficient (Wildman–Crippen LogP) is -1.43. The number of rotatable bonds is 32. The van der Waals surface area contributed by atoms with E-state index < -0.39 is 90.5 Å². The number of phosphoric ester groups is 3. The normalized spacial score (nSPS) is 20.2. The minimum atomic E-state index is -5.93. The molecule has 2 aromatic rings. The lowest BCUT2D eigenvalue weighted by Gasteiger charge is -2.36. The number of carbonyl (C=O) groups is 4. The Labute approximate surface area is 378 Å². The number of nitrogens with two attached hydrogens (primary N) is 1. The van der Waals surface area contributed by atoms with Crippen molar-refractivity contribution in [2.45, 2.75) is 128 Å². The molecule has 0 saturated carbocycles. The Hall–Kier alpha value is -2.97. The van der Waals surface area contributed by atoms with Gasteiger partial charge in [-0.2, -0.15) is 0 Å². The fraction of sp³-hybridized carbons (Fsp3) is 0.743. The molecule has 3 rings (SSSR count). The van der Waals surface area contributed by atoms with Crippen LogP contribution in [0.25, 0.3) is 11.2 Å². The van der Waals surface area contributed by atoms with E-state index in [1.165, 1.54) is 13.8 Å². The lowest BCUT2D eigenvalue weighted by Crippen LogP contribution is -2.46. The van der Waals surface area contributed by atoms with Gasteiger partial charge in [-0.3, -0.25) is 28.1 Å². The molecular weight excluding hydrogens is 947 g/mol. The summed E-state index contributed by atoms with van der Waals surface area (Å²) in [5.74, 6) is -2.23. The third-order valence-corrected chi connectivity index (χ3v) is 13.7. The Morgan fingerprint density at radius 2 is 1.49 bits per heavy atom. The highest BCUT2D eigenvalue weighted by Crippen LogP contribution is 2.56. The van der Waals surface area contributed by atoms with Crippen LogP contribution in [0.3, 0.4) is 0 Å². The van der Waals surface area contributed by atoms with Gasteiger partial charge < -0.3 is 78.9 Å². The highest BCUT2D eigenvalue weighted by Gasteiger charge is 2.47. The van der Waals surface area contributed by atoms with Crippen molar-refractivity contribution >= 4 is 75.1 Å². The molecule has 65 heavy (non-hydrogen) atoms. The molecule has 0 spiro atoms. The third-order valence-electron chi connectivity index (χ3n) is 9.75. The second-order valence-electron chi connectivity index (χ2n) is 15.6. The summed E-state index contributed by atoms with van der Waals surface area (Å²) >= 11 is 1.10. The third kappa shape index (κ3) is 20.4. The number of aliphatic hydroxyl groups is 2. The SMILES string of the molecule is CC(C)(COP(=O)([O-])OP(=O)([O-])OC[C@H]1O[C@@H](n2cnc3c(N)ncnc32)[C@H](O)[C@@H]1OP(=O)([O-])[O-])[C@@H](O)C(=O)NCCC(=O)NCCSC(=O)CCCCCCCCCCCCC(=O)[O-]. The number of amides is 2. The number of nitrogens with zero attached hydrogens (tertiary/aromatic N) is 4. The summed E-state index contributed by atoms with van der Waals surface area (Å²) in [5, 5.41) is 36.7. The highest BCUT2D eigenvalue weighted by molar-refractivity contribution is 8.13. The van der Waals surface area contributed by atoms with Gasteiger partial charge in [0, 0.05) is 43.1 Å². The van der Waals surface area contributed by atoms with E-state index in [1.807, 2.05) is 0 Å². The molecule has 2 aromatic heterocycles. The molecule has 1 aliphatic rings. The fourth-order valence-electron chi connectivity index (χ4n) is 6.30. The van der Waals surface area contributed by atoms with Gasteiger partial charge in [0.2, 0.25) is 11.8 Å². The highest BCUT2D eigenvalue weighted by atomic mass is 32.2. The zero-order chi connectivity index (χ0) is 48.4. The molecule has 1 fully saturated rings. The number of carboxylic acids is 1. The number of nitrogen functional groups attached to an aromatic ring is 1. The number of ether oxygens (including phenoxy) is 1. The first-order chi connectivity index (χ1) is 30.4. The van der Waals surface area contributed by atoms with Crippen molar-refractivity contribution in [3.05, 3.63) is 12.7 Å². The van der Waals surface area contributed by atoms with Crippen molar-refractivity contribution < 1.29 is 90.4 Å². The number of unbranched alkanes of at least 4 members (excludes halogenated alkanes) is 9. The van der Waals surface area contributed by atoms with Crippen LogP contribution in [0.5, 0.6) is 0 Å². The number of carboxylic acid groups (broad SMARTS) is 1. The molecule has 2 amide bonds. The van der Waals surface area contributed by atoms with Gasteiger partial charge in [0.1, 0.15) is 36.3 Å². The summed E-state index contributed by atoms with van der Waals surface area (Å²) in [5.41, 5.74) is 4.06. The minimum Gasteiger partial charge on any atom is -0.790 e. The smallest absolute Gasteiger partial charge is 0.274 e. The standard InChI is InChI=1S/C35H60N7O19P3S/c1-35(2,30(48)33(49)38-16-15-24(43)37-17-18-65-26(46)14-12-10-8-6-4-3-5-7-9-11-13-25(44)45)20-58-64(55,56)61-63(53,54)57-19-23-29(60-62(50,51)52)28(47)34(59-23)42-22-41-27-31(36)39-21-40-32(27)42/h21-23,28-30,34,47-48H,3-20H2,1-2H3,(H,37,43)(H,38,49)(H,44,45)(H,53,54)(H,55,56)(H2,36,39,40)(H2,50,51,52)/p-5/t23-,28-,29-,30+,34-/m1/s1. The molecule has 0 radical (unpaired) electrons. The number of thioether (sulfide) groups is 1. The number of anilines is 1. The first kappa shape index (κ1) is 56.4. The van der Waals surface area contributed by atoms with Crippen molar-refractivity contribution in [2.24, 2.45) is 5.41 Å². The van der Waals surface area contributed by atoms with Crippen molar-refractivity contribution in [3.63, 3.8) is 0 Å². The van der Waals surface area contributed by atoms with E-state index in [0.717, 1.165) is 86.8 Å². The van der Waals surface area contributed by atoms with Gasteiger partial charge in [-0.05, 0) is 19.3 Å². The van der Waals surface area contributed by atoms with Crippen molar-refractivity contribution in [3.8, 4) is 0 Å². The summed E-state index contributed by atoms with van der Waals surface area (Å²) in [6.45, 7) is 0.0735. The van der Waals surface area contributed by atoms with Crippen LogP contribution < -0.4 is 41.0 Å². The molecule has 370 valence electrons. The molecule has 1 aliphatic heterocycles. The van der Waals surface area contributed by atoms with Crippen LogP contribution in [-0.2, 0) is 55.5 Å². The first-order valence-corrected chi connectivity index (χ1v) is 26.0. The molecule has 1 saturated heterocycles. The quantitative estimate of drug-likeness (QED) is 0.0414. The first-order valence-electron chi connectivity index (χ1n) is 20.6. The Morgan fingerprint density at radius 1 is 0.892 bits per heavy atom. The average molecular weight is 1000 g/mol. The summed E-state index contributed by atoms with van der Waals surface area (Å²) in [6.07, 6.45) is 2.52. The Kier molecular flexibility index (Phi) is 23.0. The molecule has 6 N–H and O–H groups in total. The number of nitrogens with one attached hydrogen (secondary N) is 2. The fourth-order valence-corrected chi connectivity index (χ4v) is 9.75. The van der Waals surface area contributed by atoms with E-state index in [0.29, 0.717) is 18.6 Å². The number of hydrogen-bond acceptors (Lipinski definition) is 24. The average Bonchev–Trinajstić information content (AvgIpc) is 3.77. The van der Waals surface area contributed by atoms with Gasteiger partial charge in [-0.15, -0.1) is 0 Å². The van der Waals surface area contributed by atoms with Crippen LogP contribution in [0.1, 0.15) is 104 Å². The maximum atomic E-state index is 12.6. The Bertz CT molecular complexity index is 2030. The molecule has 0 bridgehead atoms. The van der Waals surface area contributed by atoms with Gasteiger partial charge in [-0.25, -0.2) is 19.3 Å². The number of aliphatic hydroxyl groups excluding tert-OH is 2. The Morgan fingerprint density at radius 3 is 2.11 bits per heavy atom. The number of fused-ring (bicyclic) bond motifs is 1. The second kappa shape index (κ2) is 26.5. The van der Waals surface area contributed by atoms with Crippen molar-refractivity contribution in [1.82, 2.24) is 30.2 Å². The van der Waals surface area contributed by atoms with Crippen molar-refractivity contribution in [1.29, 1.82) is 0 Å². The zero-order valence-electron chi connectivity index (χ0n) is 35.7. The molecule has 0 aliphatic carbocycles. The monoisotopic (exact) mass is 1000 g/mol. The van der Waals surface area contributed by atoms with Crippen LogP contribution in [0, 0.1) is 5.41 Å². The predicted molar refractivity (Wildman–Crippen MR) is 219 cm³/mol. The van der Waals surface area contributed by atoms with Crippen molar-refractivity contribution in [2.75, 3.05) is 37.8 Å². The van der Waals surface area contributed by atoms with E-state index >= 15 is 0 Å².